The first-order valence-corrected chi connectivity index (χ1v) is 7.44. The predicted octanol–water partition coefficient (Wildman–Crippen LogP) is 4.33. The maximum Gasteiger partial charge on any atom is 0.227 e. The van der Waals surface area contributed by atoms with E-state index in [9.17, 15) is 4.79 Å². The van der Waals surface area contributed by atoms with Crippen LogP contribution in [0.2, 0.25) is 0 Å². The van der Waals surface area contributed by atoms with E-state index in [1.165, 1.54) is 12.8 Å². The van der Waals surface area contributed by atoms with Gasteiger partial charge in [0.1, 0.15) is 0 Å². The molecule has 1 aromatic rings. The third-order valence-electron chi connectivity index (χ3n) is 4.40. The van der Waals surface area contributed by atoms with Crippen molar-refractivity contribution < 1.29 is 4.79 Å². The molecule has 0 saturated heterocycles. The average molecular weight is 259 g/mol. The van der Waals surface area contributed by atoms with Crippen LogP contribution in [0.4, 0.5) is 5.69 Å². The summed E-state index contributed by atoms with van der Waals surface area (Å²) in [5.41, 5.74) is 0.910. The Hall–Kier alpha value is -1.31. The number of nitrogens with one attached hydrogen (secondary N) is 1. The van der Waals surface area contributed by atoms with Crippen LogP contribution in [-0.4, -0.2) is 5.91 Å². The van der Waals surface area contributed by atoms with Crippen LogP contribution in [0.5, 0.6) is 0 Å². The van der Waals surface area contributed by atoms with Crippen LogP contribution in [-0.2, 0) is 4.79 Å². The topological polar surface area (TPSA) is 29.1 Å². The van der Waals surface area contributed by atoms with E-state index >= 15 is 0 Å². The van der Waals surface area contributed by atoms with Gasteiger partial charge in [-0.25, -0.2) is 0 Å². The van der Waals surface area contributed by atoms with Crippen LogP contribution in [0.25, 0.3) is 0 Å². The van der Waals surface area contributed by atoms with Crippen molar-refractivity contribution >= 4 is 11.6 Å². The van der Waals surface area contributed by atoms with E-state index in [1.807, 2.05) is 30.3 Å². The minimum absolute atomic E-state index is 0.170. The van der Waals surface area contributed by atoms with Crippen molar-refractivity contribution in [3.05, 3.63) is 30.3 Å². The Bertz CT molecular complexity index is 413. The summed E-state index contributed by atoms with van der Waals surface area (Å²) in [5, 5.41) is 3.08. The molecule has 0 bridgehead atoms. The monoisotopic (exact) mass is 259 g/mol. The van der Waals surface area contributed by atoms with Gasteiger partial charge < -0.3 is 5.32 Å². The predicted molar refractivity (Wildman–Crippen MR) is 79.9 cm³/mol. The Labute approximate surface area is 116 Å². The number of carbonyl (C=O) groups excluding carboxylic acids is 1. The number of hydrogen-bond acceptors (Lipinski definition) is 1. The summed E-state index contributed by atoms with van der Waals surface area (Å²) in [5.74, 6) is 2.15. The zero-order valence-corrected chi connectivity index (χ0v) is 12.2. The highest BCUT2D eigenvalue weighted by Gasteiger charge is 2.35. The quantitative estimate of drug-likeness (QED) is 0.860. The molecule has 3 atom stereocenters. The summed E-state index contributed by atoms with van der Waals surface area (Å²) in [6.45, 7) is 6.74. The summed E-state index contributed by atoms with van der Waals surface area (Å²) < 4.78 is 0. The minimum Gasteiger partial charge on any atom is -0.326 e. The fraction of sp³-hybridized carbons (Fsp3) is 0.588. The standard InChI is InChI=1S/C17H25NO/c1-12(2)15-10-9-13(3)11-16(15)17(19)18-14-7-5-4-6-8-14/h4-8,12-13,15-16H,9-11H2,1-3H3,(H,18,19)/t13-,15+,16-/m1/s1. The molecule has 0 aliphatic heterocycles. The van der Waals surface area contributed by atoms with E-state index in [1.54, 1.807) is 0 Å². The fourth-order valence-electron chi connectivity index (χ4n) is 3.26. The molecule has 2 heteroatoms. The first-order valence-electron chi connectivity index (χ1n) is 7.44. The second-order valence-corrected chi connectivity index (χ2v) is 6.29. The van der Waals surface area contributed by atoms with Gasteiger partial charge in [0.25, 0.3) is 0 Å². The summed E-state index contributed by atoms with van der Waals surface area (Å²) >= 11 is 0. The van der Waals surface area contributed by atoms with Gasteiger partial charge in [-0.05, 0) is 42.7 Å². The molecule has 1 aliphatic carbocycles. The molecule has 1 N–H and O–H groups in total. The summed E-state index contributed by atoms with van der Waals surface area (Å²) in [6, 6.07) is 9.79. The van der Waals surface area contributed by atoms with Crippen molar-refractivity contribution in [2.75, 3.05) is 5.32 Å². The van der Waals surface area contributed by atoms with Crippen molar-refractivity contribution in [3.8, 4) is 0 Å². The van der Waals surface area contributed by atoms with Crippen LogP contribution < -0.4 is 5.32 Å². The molecule has 0 unspecified atom stereocenters. The molecule has 1 fully saturated rings. The lowest BCUT2D eigenvalue weighted by molar-refractivity contribution is -0.123. The summed E-state index contributed by atoms with van der Waals surface area (Å²) in [7, 11) is 0. The number of para-hydroxylation sites is 1. The molecule has 0 heterocycles. The smallest absolute Gasteiger partial charge is 0.227 e. The van der Waals surface area contributed by atoms with Gasteiger partial charge in [-0.15, -0.1) is 0 Å². The van der Waals surface area contributed by atoms with Gasteiger partial charge in [0.15, 0.2) is 0 Å². The highest BCUT2D eigenvalue weighted by molar-refractivity contribution is 5.92. The Kier molecular flexibility index (Phi) is 4.62. The van der Waals surface area contributed by atoms with E-state index in [2.05, 4.69) is 26.1 Å². The Morgan fingerprint density at radius 1 is 1.21 bits per heavy atom. The highest BCUT2D eigenvalue weighted by atomic mass is 16.1. The lowest BCUT2D eigenvalue weighted by Gasteiger charge is -2.36. The third-order valence-corrected chi connectivity index (χ3v) is 4.40. The average Bonchev–Trinajstić information content (AvgIpc) is 2.39. The van der Waals surface area contributed by atoms with Gasteiger partial charge in [0, 0.05) is 11.6 Å². The van der Waals surface area contributed by atoms with Crippen LogP contribution in [0.1, 0.15) is 40.0 Å². The van der Waals surface area contributed by atoms with Gasteiger partial charge in [-0.3, -0.25) is 4.79 Å². The molecule has 1 amide bonds. The molecular formula is C17H25NO. The van der Waals surface area contributed by atoms with E-state index in [0.717, 1.165) is 12.1 Å². The number of amides is 1. The number of anilines is 1. The van der Waals surface area contributed by atoms with E-state index in [0.29, 0.717) is 17.8 Å². The van der Waals surface area contributed by atoms with Gasteiger partial charge >= 0.3 is 0 Å². The zero-order chi connectivity index (χ0) is 13.8. The van der Waals surface area contributed by atoms with E-state index in [4.69, 9.17) is 0 Å². The van der Waals surface area contributed by atoms with Crippen LogP contribution in [0, 0.1) is 23.7 Å². The molecule has 104 valence electrons. The van der Waals surface area contributed by atoms with Crippen molar-refractivity contribution in [1.29, 1.82) is 0 Å². The number of rotatable bonds is 3. The first-order chi connectivity index (χ1) is 9.08. The summed E-state index contributed by atoms with van der Waals surface area (Å²) in [4.78, 5) is 12.5. The van der Waals surface area contributed by atoms with Gasteiger partial charge in [-0.1, -0.05) is 45.4 Å². The fourth-order valence-corrected chi connectivity index (χ4v) is 3.26. The molecule has 2 nitrogen and oxygen atoms in total. The Balaban J connectivity index is 2.06. The van der Waals surface area contributed by atoms with Crippen LogP contribution in [0.15, 0.2) is 30.3 Å². The highest BCUT2D eigenvalue weighted by Crippen LogP contribution is 2.38. The van der Waals surface area contributed by atoms with Crippen molar-refractivity contribution in [1.82, 2.24) is 0 Å². The van der Waals surface area contributed by atoms with Gasteiger partial charge in [0.2, 0.25) is 5.91 Å². The molecule has 19 heavy (non-hydrogen) atoms. The minimum atomic E-state index is 0.170. The molecule has 0 aromatic heterocycles. The molecule has 0 spiro atoms. The molecule has 1 aromatic carbocycles. The van der Waals surface area contributed by atoms with Gasteiger partial charge in [0.05, 0.1) is 0 Å². The molecule has 1 saturated carbocycles. The Morgan fingerprint density at radius 2 is 1.89 bits per heavy atom. The summed E-state index contributed by atoms with van der Waals surface area (Å²) in [6.07, 6.45) is 3.48. The van der Waals surface area contributed by atoms with E-state index < -0.39 is 0 Å². The lowest BCUT2D eigenvalue weighted by atomic mass is 9.70. The van der Waals surface area contributed by atoms with Crippen molar-refractivity contribution in [2.24, 2.45) is 23.7 Å². The SMILES string of the molecule is CC(C)[C@@H]1CC[C@@H](C)C[C@H]1C(=O)Nc1ccccc1. The van der Waals surface area contributed by atoms with Crippen LogP contribution >= 0.6 is 0 Å². The van der Waals surface area contributed by atoms with Crippen molar-refractivity contribution in [3.63, 3.8) is 0 Å². The number of benzene rings is 1. The Morgan fingerprint density at radius 3 is 2.53 bits per heavy atom. The molecular weight excluding hydrogens is 234 g/mol. The third kappa shape index (κ3) is 3.59. The second-order valence-electron chi connectivity index (χ2n) is 6.29. The number of carbonyl (C=O) groups is 1. The molecule has 2 rings (SSSR count). The first kappa shape index (κ1) is 14.1. The maximum absolute atomic E-state index is 12.5. The maximum atomic E-state index is 12.5. The van der Waals surface area contributed by atoms with Crippen molar-refractivity contribution in [2.45, 2.75) is 40.0 Å². The zero-order valence-electron chi connectivity index (χ0n) is 12.2. The van der Waals surface area contributed by atoms with Gasteiger partial charge in [-0.2, -0.15) is 0 Å². The molecule has 1 aliphatic rings. The normalized spacial score (nSPS) is 27.3. The van der Waals surface area contributed by atoms with Crippen LogP contribution in [0.3, 0.4) is 0 Å². The van der Waals surface area contributed by atoms with E-state index in [-0.39, 0.29) is 11.8 Å². The lowest BCUT2D eigenvalue weighted by Crippen LogP contribution is -2.36. The number of hydrogen-bond donors (Lipinski definition) is 1. The largest absolute Gasteiger partial charge is 0.326 e. The molecule has 0 radical (unpaired) electrons. The second kappa shape index (κ2) is 6.23.